The first-order valence-corrected chi connectivity index (χ1v) is 7.70. The molecule has 0 aliphatic rings. The fraction of sp³-hybridized carbons (Fsp3) is 0.533. The van der Waals surface area contributed by atoms with E-state index in [-0.39, 0.29) is 12.5 Å². The van der Waals surface area contributed by atoms with Crippen molar-refractivity contribution in [2.24, 2.45) is 5.92 Å². The van der Waals surface area contributed by atoms with Gasteiger partial charge in [0.15, 0.2) is 6.61 Å². The Morgan fingerprint density at radius 3 is 2.80 bits per heavy atom. The van der Waals surface area contributed by atoms with E-state index in [2.05, 4.69) is 47.3 Å². The number of nitrogens with one attached hydrogen (secondary N) is 2. The first kappa shape index (κ1) is 17.0. The van der Waals surface area contributed by atoms with E-state index in [0.29, 0.717) is 12.5 Å². The maximum Gasteiger partial charge on any atom is 0.257 e. The minimum atomic E-state index is -0.0870. The van der Waals surface area contributed by atoms with Gasteiger partial charge in [-0.25, -0.2) is 0 Å². The Balaban J connectivity index is 2.55. The van der Waals surface area contributed by atoms with Crippen LogP contribution in [0.2, 0.25) is 0 Å². The lowest BCUT2D eigenvalue weighted by atomic mass is 10.2. The SMILES string of the molecule is CCNCc1cc(Br)ccc1OCC(=O)NCC(C)C. The molecule has 112 valence electrons. The molecule has 2 N–H and O–H groups in total. The fourth-order valence-electron chi connectivity index (χ4n) is 1.60. The van der Waals surface area contributed by atoms with Gasteiger partial charge in [-0.15, -0.1) is 0 Å². The molecule has 0 spiro atoms. The Kier molecular flexibility index (Phi) is 7.62. The Morgan fingerprint density at radius 1 is 1.40 bits per heavy atom. The second-order valence-electron chi connectivity index (χ2n) is 5.02. The number of amides is 1. The lowest BCUT2D eigenvalue weighted by Gasteiger charge is -2.13. The molecule has 0 aliphatic carbocycles. The van der Waals surface area contributed by atoms with Gasteiger partial charge in [-0.2, -0.15) is 0 Å². The summed E-state index contributed by atoms with van der Waals surface area (Å²) >= 11 is 3.45. The highest BCUT2D eigenvalue weighted by atomic mass is 79.9. The summed E-state index contributed by atoms with van der Waals surface area (Å²) in [4.78, 5) is 11.7. The molecule has 0 radical (unpaired) electrons. The molecule has 0 heterocycles. The first-order chi connectivity index (χ1) is 9.52. The molecule has 20 heavy (non-hydrogen) atoms. The average Bonchev–Trinajstić information content (AvgIpc) is 2.41. The molecule has 0 saturated carbocycles. The second kappa shape index (κ2) is 8.97. The topological polar surface area (TPSA) is 50.4 Å². The quantitative estimate of drug-likeness (QED) is 0.763. The van der Waals surface area contributed by atoms with Gasteiger partial charge in [-0.1, -0.05) is 36.7 Å². The summed E-state index contributed by atoms with van der Waals surface area (Å²) in [6, 6.07) is 5.80. The van der Waals surface area contributed by atoms with E-state index in [9.17, 15) is 4.79 Å². The number of hydrogen-bond donors (Lipinski definition) is 2. The summed E-state index contributed by atoms with van der Waals surface area (Å²) in [6.07, 6.45) is 0. The van der Waals surface area contributed by atoms with Gasteiger partial charge in [0.1, 0.15) is 5.75 Å². The summed E-state index contributed by atoms with van der Waals surface area (Å²) in [5.74, 6) is 1.10. The van der Waals surface area contributed by atoms with Crippen LogP contribution in [0.25, 0.3) is 0 Å². The summed E-state index contributed by atoms with van der Waals surface area (Å²) in [7, 11) is 0. The van der Waals surface area contributed by atoms with Gasteiger partial charge in [-0.05, 0) is 30.7 Å². The van der Waals surface area contributed by atoms with Crippen LogP contribution in [0.1, 0.15) is 26.3 Å². The highest BCUT2D eigenvalue weighted by molar-refractivity contribution is 9.10. The van der Waals surface area contributed by atoms with Gasteiger partial charge in [0.2, 0.25) is 0 Å². The Hall–Kier alpha value is -1.07. The van der Waals surface area contributed by atoms with E-state index in [4.69, 9.17) is 4.74 Å². The smallest absolute Gasteiger partial charge is 0.257 e. The van der Waals surface area contributed by atoms with Gasteiger partial charge < -0.3 is 15.4 Å². The molecule has 0 saturated heterocycles. The van der Waals surface area contributed by atoms with E-state index < -0.39 is 0 Å². The molecule has 0 atom stereocenters. The van der Waals surface area contributed by atoms with E-state index in [1.807, 2.05) is 18.2 Å². The Labute approximate surface area is 129 Å². The predicted molar refractivity (Wildman–Crippen MR) is 84.9 cm³/mol. The number of carbonyl (C=O) groups is 1. The van der Waals surface area contributed by atoms with Gasteiger partial charge in [-0.3, -0.25) is 4.79 Å². The monoisotopic (exact) mass is 342 g/mol. The van der Waals surface area contributed by atoms with Gasteiger partial charge in [0.25, 0.3) is 5.91 Å². The van der Waals surface area contributed by atoms with Crippen LogP contribution < -0.4 is 15.4 Å². The molecule has 1 rings (SSSR count). The molecular formula is C15H23BrN2O2. The van der Waals surface area contributed by atoms with Crippen molar-refractivity contribution in [1.82, 2.24) is 10.6 Å². The summed E-state index contributed by atoms with van der Waals surface area (Å²) in [6.45, 7) is 8.51. The van der Waals surface area contributed by atoms with E-state index in [1.54, 1.807) is 0 Å². The van der Waals surface area contributed by atoms with Gasteiger partial charge in [0.05, 0.1) is 0 Å². The van der Waals surface area contributed by atoms with E-state index in [0.717, 1.165) is 28.9 Å². The maximum absolute atomic E-state index is 11.7. The van der Waals surface area contributed by atoms with Gasteiger partial charge in [0, 0.05) is 23.1 Å². The summed E-state index contributed by atoms with van der Waals surface area (Å²) < 4.78 is 6.61. The van der Waals surface area contributed by atoms with Crippen molar-refractivity contribution in [1.29, 1.82) is 0 Å². The van der Waals surface area contributed by atoms with Crippen LogP contribution >= 0.6 is 15.9 Å². The zero-order valence-electron chi connectivity index (χ0n) is 12.3. The molecule has 1 aromatic rings. The number of halogens is 1. The molecule has 0 aromatic heterocycles. The van der Waals surface area contributed by atoms with Crippen LogP contribution in [0.15, 0.2) is 22.7 Å². The average molecular weight is 343 g/mol. The van der Waals surface area contributed by atoms with Crippen molar-refractivity contribution in [2.75, 3.05) is 19.7 Å². The summed E-state index contributed by atoms with van der Waals surface area (Å²) in [5, 5.41) is 6.10. The van der Waals surface area contributed by atoms with E-state index >= 15 is 0 Å². The minimum Gasteiger partial charge on any atom is -0.483 e. The van der Waals surface area contributed by atoms with Crippen molar-refractivity contribution in [3.8, 4) is 5.75 Å². The summed E-state index contributed by atoms with van der Waals surface area (Å²) in [5.41, 5.74) is 1.04. The highest BCUT2D eigenvalue weighted by Crippen LogP contribution is 2.23. The highest BCUT2D eigenvalue weighted by Gasteiger charge is 2.08. The number of hydrogen-bond acceptors (Lipinski definition) is 3. The van der Waals surface area contributed by atoms with Gasteiger partial charge >= 0.3 is 0 Å². The van der Waals surface area contributed by atoms with Crippen LogP contribution in [-0.2, 0) is 11.3 Å². The zero-order chi connectivity index (χ0) is 15.0. The number of benzene rings is 1. The zero-order valence-corrected chi connectivity index (χ0v) is 13.9. The normalized spacial score (nSPS) is 10.7. The van der Waals surface area contributed by atoms with Crippen LogP contribution in [0, 0.1) is 5.92 Å². The molecule has 0 bridgehead atoms. The van der Waals surface area contributed by atoms with Crippen molar-refractivity contribution >= 4 is 21.8 Å². The minimum absolute atomic E-state index is 0.0491. The molecule has 1 amide bonds. The Bertz CT molecular complexity index is 436. The van der Waals surface area contributed by atoms with Crippen LogP contribution in [0.3, 0.4) is 0 Å². The molecule has 4 nitrogen and oxygen atoms in total. The number of rotatable bonds is 8. The van der Waals surface area contributed by atoms with Crippen LogP contribution in [-0.4, -0.2) is 25.6 Å². The predicted octanol–water partition coefficient (Wildman–Crippen LogP) is 2.71. The first-order valence-electron chi connectivity index (χ1n) is 6.91. The van der Waals surface area contributed by atoms with Crippen LogP contribution in [0.4, 0.5) is 0 Å². The second-order valence-corrected chi connectivity index (χ2v) is 5.93. The molecule has 0 aliphatic heterocycles. The number of ether oxygens (including phenoxy) is 1. The standard InChI is InChI=1S/C15H23BrN2O2/c1-4-17-9-12-7-13(16)5-6-14(12)20-10-15(19)18-8-11(2)3/h5-7,11,17H,4,8-10H2,1-3H3,(H,18,19). The largest absolute Gasteiger partial charge is 0.483 e. The molecule has 0 unspecified atom stereocenters. The van der Waals surface area contributed by atoms with Crippen molar-refractivity contribution in [3.63, 3.8) is 0 Å². The van der Waals surface area contributed by atoms with Crippen LogP contribution in [0.5, 0.6) is 5.75 Å². The molecular weight excluding hydrogens is 320 g/mol. The fourth-order valence-corrected chi connectivity index (χ4v) is 2.01. The maximum atomic E-state index is 11.7. The Morgan fingerprint density at radius 2 is 2.15 bits per heavy atom. The van der Waals surface area contributed by atoms with Crippen molar-refractivity contribution in [2.45, 2.75) is 27.3 Å². The molecule has 1 aromatic carbocycles. The number of carbonyl (C=O) groups excluding carboxylic acids is 1. The lowest BCUT2D eigenvalue weighted by molar-refractivity contribution is -0.123. The van der Waals surface area contributed by atoms with Crippen molar-refractivity contribution < 1.29 is 9.53 Å². The third-order valence-corrected chi connectivity index (χ3v) is 3.15. The van der Waals surface area contributed by atoms with E-state index in [1.165, 1.54) is 0 Å². The third kappa shape index (κ3) is 6.39. The molecule has 0 fully saturated rings. The van der Waals surface area contributed by atoms with Crippen molar-refractivity contribution in [3.05, 3.63) is 28.2 Å². The lowest BCUT2D eigenvalue weighted by Crippen LogP contribution is -2.31. The third-order valence-electron chi connectivity index (χ3n) is 2.65. The molecule has 5 heteroatoms.